The van der Waals surface area contributed by atoms with Crippen LogP contribution in [0.15, 0.2) is 36.7 Å². The van der Waals surface area contributed by atoms with Gasteiger partial charge in [0.25, 0.3) is 11.7 Å². The maximum Gasteiger partial charge on any atom is 0.260 e. The number of piperazine rings is 1. The van der Waals surface area contributed by atoms with Crippen LogP contribution in [0.5, 0.6) is 5.75 Å². The molecule has 146 valence electrons. The number of carbonyl (C=O) groups excluding carboxylic acids is 1. The molecule has 1 aliphatic heterocycles. The molecule has 0 N–H and O–H groups in total. The molecule has 0 aliphatic carbocycles. The first-order valence-electron chi connectivity index (χ1n) is 9.25. The highest BCUT2D eigenvalue weighted by Gasteiger charge is 2.23. The number of aromatic nitrogens is 4. The van der Waals surface area contributed by atoms with Gasteiger partial charge in [0.15, 0.2) is 6.61 Å². The number of aryl methyl sites for hydroxylation is 1. The Morgan fingerprint density at radius 3 is 2.64 bits per heavy atom. The number of rotatable bonds is 5. The normalized spacial score (nSPS) is 14.5. The highest BCUT2D eigenvalue weighted by atomic mass is 19.1. The highest BCUT2D eigenvalue weighted by Crippen LogP contribution is 2.18. The van der Waals surface area contributed by atoms with E-state index in [1.807, 2.05) is 10.5 Å². The Hall–Kier alpha value is -3.23. The van der Waals surface area contributed by atoms with Gasteiger partial charge in [0, 0.05) is 37.9 Å². The Kier molecular flexibility index (Phi) is 5.05. The molecule has 1 amide bonds. The maximum atomic E-state index is 12.9. The Morgan fingerprint density at radius 1 is 1.18 bits per heavy atom. The largest absolute Gasteiger partial charge is 0.484 e. The molecule has 3 aromatic rings. The van der Waals surface area contributed by atoms with E-state index in [9.17, 15) is 9.18 Å². The van der Waals surface area contributed by atoms with Gasteiger partial charge in [-0.15, -0.1) is 10.2 Å². The zero-order chi connectivity index (χ0) is 19.5. The molecule has 4 rings (SSSR count). The number of ether oxygens (including phenoxy) is 1. The number of benzene rings is 1. The van der Waals surface area contributed by atoms with Gasteiger partial charge in [-0.3, -0.25) is 9.20 Å². The quantitative estimate of drug-likeness (QED) is 0.665. The van der Waals surface area contributed by atoms with Gasteiger partial charge in [0.2, 0.25) is 0 Å². The predicted molar refractivity (Wildman–Crippen MR) is 101 cm³/mol. The lowest BCUT2D eigenvalue weighted by molar-refractivity contribution is -0.133. The first-order chi connectivity index (χ1) is 13.6. The third-order valence-corrected chi connectivity index (χ3v) is 4.84. The van der Waals surface area contributed by atoms with Crippen LogP contribution in [-0.4, -0.2) is 63.2 Å². The SMILES string of the molecule is CCc1cc(N2CCN(C(=O)COc3ccc(F)cc3)CC2)nc2nncn12. The number of amides is 1. The second kappa shape index (κ2) is 7.79. The summed E-state index contributed by atoms with van der Waals surface area (Å²) in [6.45, 7) is 4.57. The summed E-state index contributed by atoms with van der Waals surface area (Å²) in [4.78, 5) is 20.9. The van der Waals surface area contributed by atoms with Gasteiger partial charge in [-0.05, 0) is 30.7 Å². The van der Waals surface area contributed by atoms with E-state index in [1.165, 1.54) is 24.3 Å². The van der Waals surface area contributed by atoms with Crippen molar-refractivity contribution in [3.8, 4) is 5.75 Å². The lowest BCUT2D eigenvalue weighted by atomic mass is 10.2. The molecule has 0 radical (unpaired) electrons. The fraction of sp³-hybridized carbons (Fsp3) is 0.368. The number of fused-ring (bicyclic) bond motifs is 1. The van der Waals surface area contributed by atoms with Gasteiger partial charge >= 0.3 is 0 Å². The van der Waals surface area contributed by atoms with E-state index in [1.54, 1.807) is 11.2 Å². The van der Waals surface area contributed by atoms with Crippen molar-refractivity contribution >= 4 is 17.5 Å². The van der Waals surface area contributed by atoms with Gasteiger partial charge in [-0.2, -0.15) is 4.98 Å². The van der Waals surface area contributed by atoms with Crippen LogP contribution in [0.25, 0.3) is 5.78 Å². The Balaban J connectivity index is 1.35. The van der Waals surface area contributed by atoms with Crippen LogP contribution in [0.4, 0.5) is 10.2 Å². The standard InChI is InChI=1S/C19H21FN6O2/c1-2-15-11-17(22-19-23-21-13-26(15)19)24-7-9-25(10-8-24)18(27)12-28-16-5-3-14(20)4-6-16/h3-6,11,13H,2,7-10,12H2,1H3. The number of carbonyl (C=O) groups is 1. The number of nitrogens with zero attached hydrogens (tertiary/aromatic N) is 6. The zero-order valence-electron chi connectivity index (χ0n) is 15.6. The Labute approximate surface area is 161 Å². The molecule has 1 aliphatic rings. The van der Waals surface area contributed by atoms with E-state index in [0.717, 1.165) is 17.9 Å². The molecule has 1 fully saturated rings. The van der Waals surface area contributed by atoms with E-state index in [-0.39, 0.29) is 18.3 Å². The highest BCUT2D eigenvalue weighted by molar-refractivity contribution is 5.78. The van der Waals surface area contributed by atoms with E-state index in [2.05, 4.69) is 27.0 Å². The molecule has 1 aromatic carbocycles. The van der Waals surface area contributed by atoms with Crippen LogP contribution in [0.2, 0.25) is 0 Å². The molecule has 0 unspecified atom stereocenters. The van der Waals surface area contributed by atoms with Crippen LogP contribution < -0.4 is 9.64 Å². The molecule has 0 atom stereocenters. The second-order valence-corrected chi connectivity index (χ2v) is 6.57. The summed E-state index contributed by atoms with van der Waals surface area (Å²) in [5.41, 5.74) is 1.09. The number of halogens is 1. The third kappa shape index (κ3) is 3.73. The van der Waals surface area contributed by atoms with Crippen molar-refractivity contribution in [2.75, 3.05) is 37.7 Å². The minimum atomic E-state index is -0.334. The summed E-state index contributed by atoms with van der Waals surface area (Å²) in [5, 5.41) is 7.98. The molecule has 0 saturated carbocycles. The van der Waals surface area contributed by atoms with Crippen molar-refractivity contribution in [1.82, 2.24) is 24.5 Å². The van der Waals surface area contributed by atoms with Crippen molar-refractivity contribution < 1.29 is 13.9 Å². The van der Waals surface area contributed by atoms with Crippen LogP contribution in [0.1, 0.15) is 12.6 Å². The van der Waals surface area contributed by atoms with E-state index in [0.29, 0.717) is 37.7 Å². The first-order valence-corrected chi connectivity index (χ1v) is 9.25. The summed E-state index contributed by atoms with van der Waals surface area (Å²) in [7, 11) is 0. The van der Waals surface area contributed by atoms with Crippen molar-refractivity contribution in [2.24, 2.45) is 0 Å². The molecule has 0 spiro atoms. The van der Waals surface area contributed by atoms with Crippen LogP contribution >= 0.6 is 0 Å². The molecule has 0 bridgehead atoms. The molecule has 28 heavy (non-hydrogen) atoms. The smallest absolute Gasteiger partial charge is 0.260 e. The van der Waals surface area contributed by atoms with E-state index in [4.69, 9.17) is 4.74 Å². The second-order valence-electron chi connectivity index (χ2n) is 6.57. The number of anilines is 1. The Bertz CT molecular complexity index is 966. The third-order valence-electron chi connectivity index (χ3n) is 4.84. The van der Waals surface area contributed by atoms with Gasteiger partial charge < -0.3 is 14.5 Å². The maximum absolute atomic E-state index is 12.9. The molecular formula is C19H21FN6O2. The first kappa shape index (κ1) is 18.1. The topological polar surface area (TPSA) is 75.9 Å². The van der Waals surface area contributed by atoms with Gasteiger partial charge in [-0.1, -0.05) is 6.92 Å². The molecular weight excluding hydrogens is 363 g/mol. The molecule has 9 heteroatoms. The molecule has 3 heterocycles. The fourth-order valence-electron chi connectivity index (χ4n) is 3.25. The predicted octanol–water partition coefficient (Wildman–Crippen LogP) is 1.55. The minimum absolute atomic E-state index is 0.0600. The summed E-state index contributed by atoms with van der Waals surface area (Å²) < 4.78 is 20.3. The van der Waals surface area contributed by atoms with E-state index >= 15 is 0 Å². The number of hydrogen-bond donors (Lipinski definition) is 0. The van der Waals surface area contributed by atoms with Crippen molar-refractivity contribution in [3.63, 3.8) is 0 Å². The lowest BCUT2D eigenvalue weighted by Gasteiger charge is -2.35. The number of hydrogen-bond acceptors (Lipinski definition) is 6. The van der Waals surface area contributed by atoms with Gasteiger partial charge in [0.1, 0.15) is 23.7 Å². The van der Waals surface area contributed by atoms with Crippen molar-refractivity contribution in [3.05, 3.63) is 48.2 Å². The molecule has 8 nitrogen and oxygen atoms in total. The van der Waals surface area contributed by atoms with Gasteiger partial charge in [-0.25, -0.2) is 4.39 Å². The average Bonchev–Trinajstić information content (AvgIpc) is 3.21. The Morgan fingerprint density at radius 2 is 1.93 bits per heavy atom. The van der Waals surface area contributed by atoms with Crippen LogP contribution in [-0.2, 0) is 11.2 Å². The van der Waals surface area contributed by atoms with Crippen molar-refractivity contribution in [2.45, 2.75) is 13.3 Å². The summed E-state index contributed by atoms with van der Waals surface area (Å²) in [6, 6.07) is 7.69. The monoisotopic (exact) mass is 384 g/mol. The van der Waals surface area contributed by atoms with Crippen LogP contribution in [0, 0.1) is 5.82 Å². The molecule has 1 saturated heterocycles. The molecule has 2 aromatic heterocycles. The van der Waals surface area contributed by atoms with Crippen LogP contribution in [0.3, 0.4) is 0 Å². The van der Waals surface area contributed by atoms with E-state index < -0.39 is 0 Å². The zero-order valence-corrected chi connectivity index (χ0v) is 15.6. The van der Waals surface area contributed by atoms with Gasteiger partial charge in [0.05, 0.1) is 0 Å². The van der Waals surface area contributed by atoms with Crippen molar-refractivity contribution in [1.29, 1.82) is 0 Å². The minimum Gasteiger partial charge on any atom is -0.484 e. The fourth-order valence-corrected chi connectivity index (χ4v) is 3.25. The summed E-state index contributed by atoms with van der Waals surface area (Å²) >= 11 is 0. The summed E-state index contributed by atoms with van der Waals surface area (Å²) in [5.74, 6) is 1.50. The lowest BCUT2D eigenvalue weighted by Crippen LogP contribution is -2.50. The average molecular weight is 384 g/mol. The summed E-state index contributed by atoms with van der Waals surface area (Å²) in [6.07, 6.45) is 2.52.